The first kappa shape index (κ1) is 20.9. The topological polar surface area (TPSA) is 71.8 Å². The van der Waals surface area contributed by atoms with Crippen LogP contribution in [0.15, 0.2) is 48.1 Å². The standard InChI is InChI=1S/C20H17Cl2N5OS2/c1-12-23-6-7-27(12)15-4-2-13(3-5-15)9-25-20-26-16(11-29-20)19(28)24-10-14-8-17(21)30-18(14)22/h2-8,11H,9-10H2,1H3,(H,24,28)(H,25,26). The van der Waals surface area contributed by atoms with Gasteiger partial charge in [0, 0.05) is 42.1 Å². The lowest BCUT2D eigenvalue weighted by Crippen LogP contribution is -2.23. The first-order chi connectivity index (χ1) is 14.5. The monoisotopic (exact) mass is 477 g/mol. The lowest BCUT2D eigenvalue weighted by molar-refractivity contribution is 0.0947. The number of benzene rings is 1. The summed E-state index contributed by atoms with van der Waals surface area (Å²) in [7, 11) is 0. The number of nitrogens with one attached hydrogen (secondary N) is 2. The van der Waals surface area contributed by atoms with Crippen molar-refractivity contribution in [2.45, 2.75) is 20.0 Å². The van der Waals surface area contributed by atoms with E-state index < -0.39 is 0 Å². The number of aryl methyl sites for hydroxylation is 1. The minimum absolute atomic E-state index is 0.252. The van der Waals surface area contributed by atoms with E-state index in [0.717, 1.165) is 22.6 Å². The zero-order valence-electron chi connectivity index (χ0n) is 15.9. The van der Waals surface area contributed by atoms with E-state index in [2.05, 4.69) is 32.7 Å². The maximum absolute atomic E-state index is 12.3. The molecule has 0 radical (unpaired) electrons. The number of halogens is 2. The normalized spacial score (nSPS) is 10.9. The van der Waals surface area contributed by atoms with Crippen LogP contribution in [0.4, 0.5) is 5.13 Å². The molecule has 30 heavy (non-hydrogen) atoms. The Morgan fingerprint density at radius 2 is 2.00 bits per heavy atom. The molecule has 154 valence electrons. The average molecular weight is 478 g/mol. The Labute approximate surface area is 191 Å². The summed E-state index contributed by atoms with van der Waals surface area (Å²) in [4.78, 5) is 20.9. The highest BCUT2D eigenvalue weighted by atomic mass is 35.5. The van der Waals surface area contributed by atoms with Crippen LogP contribution in [0.2, 0.25) is 8.67 Å². The van der Waals surface area contributed by atoms with Crippen molar-refractivity contribution >= 4 is 56.9 Å². The van der Waals surface area contributed by atoms with Crippen molar-refractivity contribution in [1.82, 2.24) is 19.9 Å². The van der Waals surface area contributed by atoms with Crippen molar-refractivity contribution in [3.63, 3.8) is 0 Å². The molecule has 3 aromatic heterocycles. The van der Waals surface area contributed by atoms with Crippen LogP contribution in [0.3, 0.4) is 0 Å². The molecular weight excluding hydrogens is 461 g/mol. The quantitative estimate of drug-likeness (QED) is 0.366. The zero-order chi connectivity index (χ0) is 21.1. The first-order valence-corrected chi connectivity index (χ1v) is 11.5. The molecular formula is C20H17Cl2N5OS2. The zero-order valence-corrected chi connectivity index (χ0v) is 19.0. The van der Waals surface area contributed by atoms with Gasteiger partial charge in [0.1, 0.15) is 11.5 Å². The second kappa shape index (κ2) is 9.18. The minimum Gasteiger partial charge on any atom is -0.357 e. The Bertz CT molecular complexity index is 1170. The van der Waals surface area contributed by atoms with Gasteiger partial charge in [0.15, 0.2) is 5.13 Å². The van der Waals surface area contributed by atoms with Crippen molar-refractivity contribution in [2.75, 3.05) is 5.32 Å². The van der Waals surface area contributed by atoms with Gasteiger partial charge in [0.2, 0.25) is 0 Å². The van der Waals surface area contributed by atoms with Crippen LogP contribution >= 0.6 is 45.9 Å². The third-order valence-electron chi connectivity index (χ3n) is 4.39. The van der Waals surface area contributed by atoms with Crippen LogP contribution < -0.4 is 10.6 Å². The first-order valence-electron chi connectivity index (χ1n) is 9.00. The van der Waals surface area contributed by atoms with Gasteiger partial charge in [-0.2, -0.15) is 0 Å². The van der Waals surface area contributed by atoms with Crippen molar-refractivity contribution in [3.05, 3.63) is 79.4 Å². The molecule has 0 atom stereocenters. The van der Waals surface area contributed by atoms with Crippen LogP contribution in [0, 0.1) is 6.92 Å². The number of hydrogen-bond acceptors (Lipinski definition) is 6. The van der Waals surface area contributed by atoms with E-state index in [1.54, 1.807) is 17.6 Å². The van der Waals surface area contributed by atoms with Gasteiger partial charge in [-0.15, -0.1) is 22.7 Å². The molecule has 0 saturated carbocycles. The Morgan fingerprint density at radius 1 is 1.20 bits per heavy atom. The number of nitrogens with zero attached hydrogens (tertiary/aromatic N) is 3. The van der Waals surface area contributed by atoms with E-state index in [-0.39, 0.29) is 5.91 Å². The van der Waals surface area contributed by atoms with Gasteiger partial charge in [0.05, 0.1) is 8.67 Å². The van der Waals surface area contributed by atoms with Crippen LogP contribution in [-0.2, 0) is 13.1 Å². The Balaban J connectivity index is 1.31. The lowest BCUT2D eigenvalue weighted by atomic mass is 10.2. The molecule has 1 aromatic carbocycles. The fraction of sp³-hybridized carbons (Fsp3) is 0.150. The van der Waals surface area contributed by atoms with Gasteiger partial charge in [-0.05, 0) is 30.7 Å². The lowest BCUT2D eigenvalue weighted by Gasteiger charge is -2.07. The largest absolute Gasteiger partial charge is 0.357 e. The highest BCUT2D eigenvalue weighted by Gasteiger charge is 2.12. The molecule has 0 fully saturated rings. The van der Waals surface area contributed by atoms with Gasteiger partial charge < -0.3 is 15.2 Å². The second-order valence-corrected chi connectivity index (χ2v) is 9.58. The maximum atomic E-state index is 12.3. The summed E-state index contributed by atoms with van der Waals surface area (Å²) in [5.41, 5.74) is 3.34. The second-order valence-electron chi connectivity index (χ2n) is 6.43. The summed E-state index contributed by atoms with van der Waals surface area (Å²) in [6, 6.07) is 9.96. The number of amides is 1. The van der Waals surface area contributed by atoms with Crippen molar-refractivity contribution in [1.29, 1.82) is 0 Å². The molecule has 6 nitrogen and oxygen atoms in total. The molecule has 0 aliphatic carbocycles. The summed E-state index contributed by atoms with van der Waals surface area (Å²) in [6.07, 6.45) is 3.72. The summed E-state index contributed by atoms with van der Waals surface area (Å²) in [5.74, 6) is 0.691. The van der Waals surface area contributed by atoms with Gasteiger partial charge in [-0.3, -0.25) is 4.79 Å². The van der Waals surface area contributed by atoms with E-state index in [0.29, 0.717) is 32.6 Å². The van der Waals surface area contributed by atoms with Crippen LogP contribution in [0.5, 0.6) is 0 Å². The van der Waals surface area contributed by atoms with Gasteiger partial charge in [-0.1, -0.05) is 35.3 Å². The van der Waals surface area contributed by atoms with Crippen molar-refractivity contribution in [2.24, 2.45) is 0 Å². The molecule has 0 aliphatic rings. The molecule has 3 heterocycles. The van der Waals surface area contributed by atoms with E-state index in [4.69, 9.17) is 23.2 Å². The number of thiophene rings is 1. The number of carbonyl (C=O) groups excluding carboxylic acids is 1. The molecule has 0 aliphatic heterocycles. The Hall–Kier alpha value is -2.39. The predicted molar refractivity (Wildman–Crippen MR) is 123 cm³/mol. The molecule has 2 N–H and O–H groups in total. The third-order valence-corrected chi connectivity index (χ3v) is 6.76. The maximum Gasteiger partial charge on any atom is 0.271 e. The van der Waals surface area contributed by atoms with Crippen LogP contribution in [0.1, 0.15) is 27.4 Å². The summed E-state index contributed by atoms with van der Waals surface area (Å²) in [6.45, 7) is 2.89. The summed E-state index contributed by atoms with van der Waals surface area (Å²) in [5, 5.41) is 8.49. The molecule has 0 spiro atoms. The van der Waals surface area contributed by atoms with Gasteiger partial charge in [-0.25, -0.2) is 9.97 Å². The number of anilines is 1. The highest BCUT2D eigenvalue weighted by Crippen LogP contribution is 2.31. The van der Waals surface area contributed by atoms with Crippen LogP contribution in [0.25, 0.3) is 5.69 Å². The fourth-order valence-electron chi connectivity index (χ4n) is 2.82. The molecule has 4 rings (SSSR count). The number of imidazole rings is 1. The van der Waals surface area contributed by atoms with E-state index in [9.17, 15) is 4.79 Å². The predicted octanol–water partition coefficient (Wildman–Crippen LogP) is 5.55. The smallest absolute Gasteiger partial charge is 0.271 e. The molecule has 0 bridgehead atoms. The van der Waals surface area contributed by atoms with Gasteiger partial charge in [0.25, 0.3) is 5.91 Å². The third kappa shape index (κ3) is 4.84. The molecule has 4 aromatic rings. The number of rotatable bonds is 7. The fourth-order valence-corrected chi connectivity index (χ4v) is 5.00. The SMILES string of the molecule is Cc1nccn1-c1ccc(CNc2nc(C(=O)NCc3cc(Cl)sc3Cl)cs2)cc1. The van der Waals surface area contributed by atoms with E-state index >= 15 is 0 Å². The Kier molecular flexibility index (Phi) is 6.38. The molecule has 1 amide bonds. The number of hydrogen-bond donors (Lipinski definition) is 2. The number of carbonyl (C=O) groups is 1. The highest BCUT2D eigenvalue weighted by molar-refractivity contribution is 7.20. The number of thiazole rings is 1. The van der Waals surface area contributed by atoms with E-state index in [1.807, 2.05) is 29.8 Å². The molecule has 0 unspecified atom stereocenters. The summed E-state index contributed by atoms with van der Waals surface area (Å²) >= 11 is 14.7. The van der Waals surface area contributed by atoms with Gasteiger partial charge >= 0.3 is 0 Å². The van der Waals surface area contributed by atoms with Crippen LogP contribution in [-0.4, -0.2) is 20.4 Å². The minimum atomic E-state index is -0.252. The molecule has 10 heteroatoms. The summed E-state index contributed by atoms with van der Waals surface area (Å²) < 4.78 is 3.20. The average Bonchev–Trinajstić information content (AvgIpc) is 3.45. The number of aromatic nitrogens is 3. The van der Waals surface area contributed by atoms with Crippen molar-refractivity contribution < 1.29 is 4.79 Å². The molecule has 0 saturated heterocycles. The van der Waals surface area contributed by atoms with Crippen molar-refractivity contribution in [3.8, 4) is 5.69 Å². The Morgan fingerprint density at radius 3 is 2.67 bits per heavy atom. The van der Waals surface area contributed by atoms with E-state index in [1.165, 1.54) is 22.7 Å².